The van der Waals surface area contributed by atoms with Gasteiger partial charge in [-0.15, -0.1) is 0 Å². The molecule has 0 heterocycles. The third-order valence-electron chi connectivity index (χ3n) is 4.48. The Hall–Kier alpha value is -3.00. The summed E-state index contributed by atoms with van der Waals surface area (Å²) in [4.78, 5) is 0. The summed E-state index contributed by atoms with van der Waals surface area (Å²) < 4.78 is 11.6. The van der Waals surface area contributed by atoms with E-state index in [2.05, 4.69) is 55.5 Å². The molecule has 25 heavy (non-hydrogen) atoms. The highest BCUT2D eigenvalue weighted by Gasteiger charge is 2.08. The summed E-state index contributed by atoms with van der Waals surface area (Å²) in [7, 11) is 1.73. The smallest absolute Gasteiger partial charge is 0.127 e. The molecule has 0 unspecified atom stereocenters. The molecule has 0 atom stereocenters. The van der Waals surface area contributed by atoms with Gasteiger partial charge in [-0.1, -0.05) is 48.5 Å². The number of ether oxygens (including phenoxy) is 2. The van der Waals surface area contributed by atoms with Crippen molar-refractivity contribution in [3.63, 3.8) is 0 Å². The number of aryl methyl sites for hydroxylation is 1. The van der Waals surface area contributed by atoms with E-state index < -0.39 is 0 Å². The Labute approximate surface area is 147 Å². The summed E-state index contributed by atoms with van der Waals surface area (Å²) in [6, 6.07) is 25.0. The first-order valence-corrected chi connectivity index (χ1v) is 8.42. The molecule has 4 aromatic rings. The second-order valence-electron chi connectivity index (χ2n) is 6.29. The van der Waals surface area contributed by atoms with Crippen molar-refractivity contribution in [2.45, 2.75) is 13.5 Å². The van der Waals surface area contributed by atoms with E-state index in [9.17, 15) is 0 Å². The Kier molecular flexibility index (Phi) is 4.02. The maximum Gasteiger partial charge on any atom is 0.127 e. The summed E-state index contributed by atoms with van der Waals surface area (Å²) >= 11 is 0. The fourth-order valence-electron chi connectivity index (χ4n) is 3.28. The predicted octanol–water partition coefficient (Wildman–Crippen LogP) is 5.89. The molecule has 0 bridgehead atoms. The van der Waals surface area contributed by atoms with Crippen LogP contribution in [0.15, 0.2) is 72.8 Å². The molecule has 0 saturated carbocycles. The number of hydrogen-bond acceptors (Lipinski definition) is 2. The van der Waals surface area contributed by atoms with Crippen LogP contribution in [0.25, 0.3) is 21.5 Å². The summed E-state index contributed by atoms with van der Waals surface area (Å²) in [5.41, 5.74) is 2.37. The summed E-state index contributed by atoms with van der Waals surface area (Å²) in [5.74, 6) is 1.79. The van der Waals surface area contributed by atoms with Gasteiger partial charge in [0.05, 0.1) is 7.11 Å². The average Bonchev–Trinajstić information content (AvgIpc) is 2.66. The average molecular weight is 328 g/mol. The Bertz CT molecular complexity index is 1040. The minimum absolute atomic E-state index is 0.572. The Balaban J connectivity index is 1.74. The molecule has 0 aromatic heterocycles. The quantitative estimate of drug-likeness (QED) is 0.435. The van der Waals surface area contributed by atoms with Crippen LogP contribution in [-0.4, -0.2) is 7.11 Å². The maximum absolute atomic E-state index is 5.96. The van der Waals surface area contributed by atoms with Crippen LogP contribution in [0, 0.1) is 6.92 Å². The fourth-order valence-corrected chi connectivity index (χ4v) is 3.28. The van der Waals surface area contributed by atoms with Crippen molar-refractivity contribution < 1.29 is 9.47 Å². The lowest BCUT2D eigenvalue weighted by atomic mass is 9.99. The first kappa shape index (κ1) is 15.5. The van der Waals surface area contributed by atoms with Gasteiger partial charge in [-0.2, -0.15) is 0 Å². The van der Waals surface area contributed by atoms with Crippen molar-refractivity contribution in [1.82, 2.24) is 0 Å². The van der Waals surface area contributed by atoms with Crippen molar-refractivity contribution in [3.8, 4) is 11.5 Å². The van der Waals surface area contributed by atoms with Crippen LogP contribution in [0.3, 0.4) is 0 Å². The van der Waals surface area contributed by atoms with Crippen LogP contribution >= 0.6 is 0 Å². The van der Waals surface area contributed by atoms with Crippen molar-refractivity contribution >= 4 is 21.5 Å². The zero-order valence-electron chi connectivity index (χ0n) is 14.5. The minimum Gasteiger partial charge on any atom is -0.496 e. The zero-order chi connectivity index (χ0) is 17.2. The highest BCUT2D eigenvalue weighted by atomic mass is 16.5. The number of rotatable bonds is 4. The van der Waals surface area contributed by atoms with E-state index in [0.717, 1.165) is 22.3 Å². The molecule has 0 fully saturated rings. The summed E-state index contributed by atoms with van der Waals surface area (Å²) in [6.45, 7) is 2.66. The van der Waals surface area contributed by atoms with Crippen LogP contribution in [-0.2, 0) is 6.61 Å². The maximum atomic E-state index is 5.96. The van der Waals surface area contributed by atoms with Crippen LogP contribution in [0.1, 0.15) is 11.1 Å². The van der Waals surface area contributed by atoms with Gasteiger partial charge >= 0.3 is 0 Å². The molecule has 124 valence electrons. The third kappa shape index (κ3) is 3.03. The summed E-state index contributed by atoms with van der Waals surface area (Å²) in [6.07, 6.45) is 0. The first-order valence-electron chi connectivity index (χ1n) is 8.42. The lowest BCUT2D eigenvalue weighted by molar-refractivity contribution is 0.306. The second-order valence-corrected chi connectivity index (χ2v) is 6.29. The Morgan fingerprint density at radius 1 is 0.800 bits per heavy atom. The van der Waals surface area contributed by atoms with Gasteiger partial charge in [-0.05, 0) is 58.5 Å². The zero-order valence-corrected chi connectivity index (χ0v) is 14.5. The largest absolute Gasteiger partial charge is 0.496 e. The van der Waals surface area contributed by atoms with E-state index in [1.807, 2.05) is 24.3 Å². The van der Waals surface area contributed by atoms with Crippen molar-refractivity contribution in [2.24, 2.45) is 0 Å². The van der Waals surface area contributed by atoms with Crippen LogP contribution in [0.5, 0.6) is 11.5 Å². The van der Waals surface area contributed by atoms with E-state index >= 15 is 0 Å². The van der Waals surface area contributed by atoms with Crippen molar-refractivity contribution in [2.75, 3.05) is 7.11 Å². The minimum atomic E-state index is 0.572. The molecule has 0 amide bonds. The highest BCUT2D eigenvalue weighted by Crippen LogP contribution is 2.35. The van der Waals surface area contributed by atoms with E-state index in [1.54, 1.807) is 7.11 Å². The van der Waals surface area contributed by atoms with Crippen LogP contribution < -0.4 is 9.47 Å². The van der Waals surface area contributed by atoms with Crippen molar-refractivity contribution in [3.05, 3.63) is 83.9 Å². The van der Waals surface area contributed by atoms with Crippen LogP contribution in [0.2, 0.25) is 0 Å². The van der Waals surface area contributed by atoms with Gasteiger partial charge in [0, 0.05) is 5.39 Å². The lowest BCUT2D eigenvalue weighted by Crippen LogP contribution is -1.95. The monoisotopic (exact) mass is 328 g/mol. The number of methoxy groups -OCH3 is 1. The standard InChI is InChI=1S/C23H20O2/c1-16-12-19-9-8-18-14-20(25-15-17-6-4-3-5-7-17)10-11-21(18)23(19)22(13-16)24-2/h3-14H,15H2,1-2H3. The van der Waals surface area contributed by atoms with Crippen molar-refractivity contribution in [1.29, 1.82) is 0 Å². The van der Waals surface area contributed by atoms with Crippen LogP contribution in [0.4, 0.5) is 0 Å². The molecule has 0 aliphatic carbocycles. The molecule has 4 rings (SSSR count). The topological polar surface area (TPSA) is 18.5 Å². The number of benzene rings is 4. The molecular formula is C23H20O2. The molecule has 0 aliphatic heterocycles. The van der Waals surface area contributed by atoms with Gasteiger partial charge < -0.3 is 9.47 Å². The van der Waals surface area contributed by atoms with Gasteiger partial charge in [-0.3, -0.25) is 0 Å². The lowest BCUT2D eigenvalue weighted by Gasteiger charge is -2.12. The molecule has 0 radical (unpaired) electrons. The molecule has 0 spiro atoms. The van der Waals surface area contributed by atoms with E-state index in [4.69, 9.17) is 9.47 Å². The predicted molar refractivity (Wildman–Crippen MR) is 104 cm³/mol. The number of fused-ring (bicyclic) bond motifs is 3. The molecule has 2 nitrogen and oxygen atoms in total. The highest BCUT2D eigenvalue weighted by molar-refractivity contribution is 6.11. The fraction of sp³-hybridized carbons (Fsp3) is 0.130. The summed E-state index contributed by atoms with van der Waals surface area (Å²) in [5, 5.41) is 4.68. The normalized spacial score (nSPS) is 11.0. The molecule has 4 aromatic carbocycles. The molecular weight excluding hydrogens is 308 g/mol. The third-order valence-corrected chi connectivity index (χ3v) is 4.48. The van der Waals surface area contributed by atoms with Gasteiger partial charge in [0.2, 0.25) is 0 Å². The SMILES string of the molecule is COc1cc(C)cc2ccc3cc(OCc4ccccc4)ccc3c12. The van der Waals surface area contributed by atoms with E-state index in [-0.39, 0.29) is 0 Å². The van der Waals surface area contributed by atoms with Gasteiger partial charge in [0.25, 0.3) is 0 Å². The van der Waals surface area contributed by atoms with E-state index in [0.29, 0.717) is 6.61 Å². The Morgan fingerprint density at radius 2 is 1.60 bits per heavy atom. The van der Waals surface area contributed by atoms with Gasteiger partial charge in [-0.25, -0.2) is 0 Å². The molecule has 0 N–H and O–H groups in total. The van der Waals surface area contributed by atoms with E-state index in [1.165, 1.54) is 21.9 Å². The molecule has 0 saturated heterocycles. The van der Waals surface area contributed by atoms with Gasteiger partial charge in [0.1, 0.15) is 18.1 Å². The Morgan fingerprint density at radius 3 is 2.40 bits per heavy atom. The van der Waals surface area contributed by atoms with Gasteiger partial charge in [0.15, 0.2) is 0 Å². The molecule has 2 heteroatoms. The second kappa shape index (κ2) is 6.48. The number of hydrogen-bond donors (Lipinski definition) is 0. The molecule has 0 aliphatic rings. The first-order chi connectivity index (χ1) is 12.2.